The van der Waals surface area contributed by atoms with Crippen molar-refractivity contribution in [1.82, 2.24) is 14.7 Å². The molecular formula is C22H43N3. The molecule has 3 heteroatoms. The van der Waals surface area contributed by atoms with Crippen molar-refractivity contribution in [2.45, 2.75) is 65.8 Å². The predicted octanol–water partition coefficient (Wildman–Crippen LogP) is 3.80. The monoisotopic (exact) mass is 349 g/mol. The van der Waals surface area contributed by atoms with Gasteiger partial charge in [0.1, 0.15) is 0 Å². The van der Waals surface area contributed by atoms with E-state index in [4.69, 9.17) is 0 Å². The Hall–Kier alpha value is -0.120. The van der Waals surface area contributed by atoms with E-state index >= 15 is 0 Å². The minimum Gasteiger partial charge on any atom is -0.303 e. The van der Waals surface area contributed by atoms with Crippen molar-refractivity contribution < 1.29 is 0 Å². The molecule has 0 bridgehead atoms. The third kappa shape index (κ3) is 6.84. The molecule has 146 valence electrons. The van der Waals surface area contributed by atoms with Crippen molar-refractivity contribution in [2.75, 3.05) is 52.4 Å². The molecule has 5 fully saturated rings. The molecule has 2 saturated carbocycles. The minimum absolute atomic E-state index is 0.954. The van der Waals surface area contributed by atoms with Crippen LogP contribution in [0.4, 0.5) is 0 Å². The summed E-state index contributed by atoms with van der Waals surface area (Å²) in [5.74, 6) is 4.03. The average Bonchev–Trinajstić information content (AvgIpc) is 3.44. The summed E-state index contributed by atoms with van der Waals surface area (Å²) in [5.41, 5.74) is 0. The molecule has 25 heavy (non-hydrogen) atoms. The zero-order chi connectivity index (χ0) is 17.8. The highest BCUT2D eigenvalue weighted by Gasteiger charge is 2.35. The fourth-order valence-corrected chi connectivity index (χ4v) is 4.44. The summed E-state index contributed by atoms with van der Waals surface area (Å²) in [4.78, 5) is 7.69. The molecule has 0 aromatic carbocycles. The third-order valence-electron chi connectivity index (χ3n) is 6.46. The minimum atomic E-state index is 0.954. The first-order valence-corrected chi connectivity index (χ1v) is 11.2. The van der Waals surface area contributed by atoms with Crippen LogP contribution >= 0.6 is 0 Å². The Morgan fingerprint density at radius 1 is 0.680 bits per heavy atom. The van der Waals surface area contributed by atoms with Gasteiger partial charge in [0.15, 0.2) is 0 Å². The van der Waals surface area contributed by atoms with Gasteiger partial charge in [-0.15, -0.1) is 0 Å². The fraction of sp³-hybridized carbons (Fsp3) is 1.00. The Bertz CT molecular complexity index is 379. The molecule has 5 rings (SSSR count). The summed E-state index contributed by atoms with van der Waals surface area (Å²) in [6, 6.07) is 1.02. The first-order chi connectivity index (χ1) is 12.0. The Balaban J connectivity index is 0.000000110. The summed E-state index contributed by atoms with van der Waals surface area (Å²) in [6.07, 6.45) is 7.38. The van der Waals surface area contributed by atoms with Gasteiger partial charge in [0, 0.05) is 45.3 Å². The lowest BCUT2D eigenvalue weighted by Crippen LogP contribution is -2.46. The summed E-state index contributed by atoms with van der Waals surface area (Å²) in [5, 5.41) is 0. The SMILES string of the molecule is CC1CN(C2CC2)C1.CC1CN(CC2CC2)C1.CCN1CC[C@@H](C)C1. The summed E-state index contributed by atoms with van der Waals surface area (Å²) in [6.45, 7) is 20.0. The highest BCUT2D eigenvalue weighted by atomic mass is 15.2. The van der Waals surface area contributed by atoms with Crippen molar-refractivity contribution in [2.24, 2.45) is 23.7 Å². The second kappa shape index (κ2) is 9.19. The zero-order valence-corrected chi connectivity index (χ0v) is 17.4. The molecule has 5 aliphatic rings. The van der Waals surface area contributed by atoms with Gasteiger partial charge in [-0.3, -0.25) is 4.90 Å². The number of rotatable bonds is 4. The van der Waals surface area contributed by atoms with Crippen LogP contribution < -0.4 is 0 Å². The van der Waals surface area contributed by atoms with Gasteiger partial charge in [-0.25, -0.2) is 0 Å². The molecule has 0 amide bonds. The normalized spacial score (nSPS) is 31.4. The maximum atomic E-state index is 2.60. The lowest BCUT2D eigenvalue weighted by molar-refractivity contribution is 0.104. The highest BCUT2D eigenvalue weighted by Crippen LogP contribution is 2.32. The fourth-order valence-electron chi connectivity index (χ4n) is 4.44. The molecule has 3 saturated heterocycles. The van der Waals surface area contributed by atoms with Crippen LogP contribution in [0.2, 0.25) is 0 Å². The van der Waals surface area contributed by atoms with E-state index in [2.05, 4.69) is 42.4 Å². The highest BCUT2D eigenvalue weighted by molar-refractivity contribution is 4.91. The quantitative estimate of drug-likeness (QED) is 0.764. The predicted molar refractivity (Wildman–Crippen MR) is 108 cm³/mol. The molecule has 0 aromatic rings. The lowest BCUT2D eigenvalue weighted by atomic mass is 10.0. The molecular weight excluding hydrogens is 306 g/mol. The van der Waals surface area contributed by atoms with E-state index in [0.717, 1.165) is 29.7 Å². The summed E-state index contributed by atoms with van der Waals surface area (Å²) >= 11 is 0. The van der Waals surface area contributed by atoms with Crippen LogP contribution in [-0.4, -0.2) is 73.1 Å². The van der Waals surface area contributed by atoms with Crippen molar-refractivity contribution in [3.8, 4) is 0 Å². The Morgan fingerprint density at radius 3 is 1.64 bits per heavy atom. The maximum absolute atomic E-state index is 2.60. The van der Waals surface area contributed by atoms with Gasteiger partial charge in [-0.05, 0) is 68.9 Å². The Labute approximate surface area is 157 Å². The van der Waals surface area contributed by atoms with Crippen LogP contribution in [0.1, 0.15) is 59.8 Å². The summed E-state index contributed by atoms with van der Waals surface area (Å²) in [7, 11) is 0. The van der Waals surface area contributed by atoms with E-state index in [9.17, 15) is 0 Å². The lowest BCUT2D eigenvalue weighted by Gasteiger charge is -2.37. The largest absolute Gasteiger partial charge is 0.303 e. The average molecular weight is 350 g/mol. The molecule has 0 radical (unpaired) electrons. The van der Waals surface area contributed by atoms with Gasteiger partial charge in [0.05, 0.1) is 0 Å². The van der Waals surface area contributed by atoms with Crippen molar-refractivity contribution >= 4 is 0 Å². The molecule has 3 heterocycles. The molecule has 0 aromatic heterocycles. The maximum Gasteiger partial charge on any atom is 0.00966 e. The summed E-state index contributed by atoms with van der Waals surface area (Å²) < 4.78 is 0. The van der Waals surface area contributed by atoms with Gasteiger partial charge < -0.3 is 9.80 Å². The molecule has 0 unspecified atom stereocenters. The number of likely N-dealkylation sites (tertiary alicyclic amines) is 3. The van der Waals surface area contributed by atoms with Crippen LogP contribution in [0, 0.1) is 23.7 Å². The second-order valence-corrected chi connectivity index (χ2v) is 9.84. The van der Waals surface area contributed by atoms with Gasteiger partial charge >= 0.3 is 0 Å². The first kappa shape index (κ1) is 19.6. The smallest absolute Gasteiger partial charge is 0.00966 e. The van der Waals surface area contributed by atoms with E-state index in [-0.39, 0.29) is 0 Å². The van der Waals surface area contributed by atoms with Crippen LogP contribution in [-0.2, 0) is 0 Å². The van der Waals surface area contributed by atoms with Crippen LogP contribution in [0.5, 0.6) is 0 Å². The van der Waals surface area contributed by atoms with E-state index in [1.807, 2.05) is 0 Å². The van der Waals surface area contributed by atoms with E-state index < -0.39 is 0 Å². The Morgan fingerprint density at radius 2 is 1.28 bits per heavy atom. The van der Waals surface area contributed by atoms with Crippen molar-refractivity contribution in [3.05, 3.63) is 0 Å². The van der Waals surface area contributed by atoms with Gasteiger partial charge in [-0.2, -0.15) is 0 Å². The molecule has 0 spiro atoms. The molecule has 2 aliphatic carbocycles. The molecule has 1 atom stereocenters. The van der Waals surface area contributed by atoms with Crippen LogP contribution in [0.3, 0.4) is 0 Å². The van der Waals surface area contributed by atoms with Gasteiger partial charge in [-0.1, -0.05) is 27.7 Å². The van der Waals surface area contributed by atoms with Crippen LogP contribution in [0.15, 0.2) is 0 Å². The van der Waals surface area contributed by atoms with E-state index in [1.165, 1.54) is 84.5 Å². The van der Waals surface area contributed by atoms with Gasteiger partial charge in [0.2, 0.25) is 0 Å². The number of hydrogen-bond acceptors (Lipinski definition) is 3. The van der Waals surface area contributed by atoms with Gasteiger partial charge in [0.25, 0.3) is 0 Å². The number of nitrogens with zero attached hydrogens (tertiary/aromatic N) is 3. The standard InChI is InChI=1S/C8H15N.C7H13N.C7H15N/c1-7-4-9(5-7)6-8-2-3-8;1-6-4-8(5-6)7-2-3-7;1-3-8-5-4-7(2)6-8/h7-8H,2-6H2,1H3;6-7H,2-5H2,1H3;7H,3-6H2,1-2H3/t;;7-/m..1/s1. The second-order valence-electron chi connectivity index (χ2n) is 9.84. The molecule has 3 nitrogen and oxygen atoms in total. The Kier molecular flexibility index (Phi) is 7.22. The van der Waals surface area contributed by atoms with Crippen LogP contribution in [0.25, 0.3) is 0 Å². The van der Waals surface area contributed by atoms with E-state index in [1.54, 1.807) is 0 Å². The molecule has 3 aliphatic heterocycles. The van der Waals surface area contributed by atoms with E-state index in [0.29, 0.717) is 0 Å². The number of hydrogen-bond donors (Lipinski definition) is 0. The molecule has 0 N–H and O–H groups in total. The zero-order valence-electron chi connectivity index (χ0n) is 17.4. The van der Waals surface area contributed by atoms with Crippen molar-refractivity contribution in [3.63, 3.8) is 0 Å². The third-order valence-corrected chi connectivity index (χ3v) is 6.46. The topological polar surface area (TPSA) is 9.72 Å². The van der Waals surface area contributed by atoms with Crippen molar-refractivity contribution in [1.29, 1.82) is 0 Å². The first-order valence-electron chi connectivity index (χ1n) is 11.2.